The lowest BCUT2D eigenvalue weighted by molar-refractivity contribution is -0.151. The summed E-state index contributed by atoms with van der Waals surface area (Å²) in [7, 11) is 0. The van der Waals surface area contributed by atoms with Gasteiger partial charge in [-0.3, -0.25) is 4.79 Å². The molecule has 0 bridgehead atoms. The molecule has 2 aromatic carbocycles. The molecule has 1 heterocycles. The summed E-state index contributed by atoms with van der Waals surface area (Å²) in [6.45, 7) is 1.41. The Hall–Kier alpha value is -2.67. The molecule has 0 spiro atoms. The molecule has 1 aromatic heterocycles. The van der Waals surface area contributed by atoms with Crippen LogP contribution < -0.4 is 10.3 Å². The third kappa shape index (κ3) is 4.24. The molecule has 0 amide bonds. The number of carbonyl (C=O) groups excluding carboxylic acids is 1. The number of hydrogen-bond donors (Lipinski definition) is 1. The number of aromatic amines is 1. The van der Waals surface area contributed by atoms with E-state index >= 15 is 0 Å². The van der Waals surface area contributed by atoms with E-state index in [0.29, 0.717) is 22.5 Å². The summed E-state index contributed by atoms with van der Waals surface area (Å²) in [4.78, 5) is 31.0. The number of rotatable bonds is 5. The van der Waals surface area contributed by atoms with Gasteiger partial charge in [-0.1, -0.05) is 28.1 Å². The number of ether oxygens (including phenoxy) is 2. The number of hydrogen-bond acceptors (Lipinski definition) is 5. The first-order valence-corrected chi connectivity index (χ1v) is 8.39. The highest BCUT2D eigenvalue weighted by Crippen LogP contribution is 2.17. The third-order valence-corrected chi connectivity index (χ3v) is 4.02. The van der Waals surface area contributed by atoms with Crippen LogP contribution in [0.1, 0.15) is 18.9 Å². The lowest BCUT2D eigenvalue weighted by Gasteiger charge is -2.13. The van der Waals surface area contributed by atoms with Crippen LogP contribution >= 0.6 is 15.9 Å². The van der Waals surface area contributed by atoms with Crippen molar-refractivity contribution in [3.05, 3.63) is 69.2 Å². The van der Waals surface area contributed by atoms with Crippen LogP contribution in [0.5, 0.6) is 5.75 Å². The molecule has 0 aliphatic heterocycles. The van der Waals surface area contributed by atoms with Gasteiger partial charge in [0.2, 0.25) is 0 Å². The van der Waals surface area contributed by atoms with Gasteiger partial charge in [-0.25, -0.2) is 9.78 Å². The number of fused-ring (bicyclic) bond motifs is 1. The summed E-state index contributed by atoms with van der Waals surface area (Å²) in [6, 6.07) is 14.1. The number of H-pyrrole nitrogens is 1. The van der Waals surface area contributed by atoms with E-state index in [4.69, 9.17) is 9.47 Å². The molecule has 0 unspecified atom stereocenters. The van der Waals surface area contributed by atoms with Gasteiger partial charge in [-0.15, -0.1) is 0 Å². The second kappa shape index (κ2) is 7.48. The fourth-order valence-corrected chi connectivity index (χ4v) is 2.52. The van der Waals surface area contributed by atoms with E-state index in [0.717, 1.165) is 4.47 Å². The maximum absolute atomic E-state index is 12.1. The third-order valence-electron chi connectivity index (χ3n) is 3.49. The van der Waals surface area contributed by atoms with Crippen LogP contribution in [0.3, 0.4) is 0 Å². The van der Waals surface area contributed by atoms with E-state index in [-0.39, 0.29) is 12.2 Å². The van der Waals surface area contributed by atoms with Crippen molar-refractivity contribution in [2.75, 3.05) is 6.61 Å². The van der Waals surface area contributed by atoms with Gasteiger partial charge in [0.25, 0.3) is 5.56 Å². The quantitative estimate of drug-likeness (QED) is 0.661. The number of carbonyl (C=O) groups is 1. The van der Waals surface area contributed by atoms with Crippen molar-refractivity contribution in [3.63, 3.8) is 0 Å². The topological polar surface area (TPSA) is 81.3 Å². The van der Waals surface area contributed by atoms with Crippen molar-refractivity contribution in [1.29, 1.82) is 0 Å². The van der Waals surface area contributed by atoms with Gasteiger partial charge in [0.05, 0.1) is 10.9 Å². The zero-order valence-corrected chi connectivity index (χ0v) is 14.9. The SMILES string of the molecule is C[C@@H](OC(=O)COc1ccc(Br)cc1)c1nc2ccccc2c(=O)[nH]1. The molecule has 25 heavy (non-hydrogen) atoms. The van der Waals surface area contributed by atoms with Gasteiger partial charge < -0.3 is 14.5 Å². The van der Waals surface area contributed by atoms with Crippen LogP contribution in [0, 0.1) is 0 Å². The Morgan fingerprint density at radius 1 is 1.20 bits per heavy atom. The predicted molar refractivity (Wildman–Crippen MR) is 96.5 cm³/mol. The largest absolute Gasteiger partial charge is 0.482 e. The second-order valence-electron chi connectivity index (χ2n) is 5.34. The van der Waals surface area contributed by atoms with E-state index in [9.17, 15) is 9.59 Å². The van der Waals surface area contributed by atoms with Crippen LogP contribution in [0.4, 0.5) is 0 Å². The molecule has 0 radical (unpaired) electrons. The van der Waals surface area contributed by atoms with Crippen molar-refractivity contribution in [2.45, 2.75) is 13.0 Å². The van der Waals surface area contributed by atoms with Crippen molar-refractivity contribution in [2.24, 2.45) is 0 Å². The first-order chi connectivity index (χ1) is 12.0. The molecule has 0 saturated heterocycles. The number of nitrogens with one attached hydrogen (secondary N) is 1. The molecule has 3 aromatic rings. The van der Waals surface area contributed by atoms with Gasteiger partial charge in [-0.2, -0.15) is 0 Å². The second-order valence-corrected chi connectivity index (χ2v) is 6.26. The minimum absolute atomic E-state index is 0.232. The molecule has 128 valence electrons. The van der Waals surface area contributed by atoms with E-state index in [1.165, 1.54) is 0 Å². The minimum Gasteiger partial charge on any atom is -0.482 e. The Morgan fingerprint density at radius 3 is 2.68 bits per heavy atom. The van der Waals surface area contributed by atoms with Gasteiger partial charge in [0.15, 0.2) is 18.5 Å². The molecule has 7 heteroatoms. The molecule has 1 N–H and O–H groups in total. The number of aromatic nitrogens is 2. The minimum atomic E-state index is -0.696. The zero-order chi connectivity index (χ0) is 17.8. The highest BCUT2D eigenvalue weighted by molar-refractivity contribution is 9.10. The van der Waals surface area contributed by atoms with Crippen LogP contribution in [-0.4, -0.2) is 22.5 Å². The number of para-hydroxylation sites is 1. The molecule has 0 saturated carbocycles. The standard InChI is InChI=1S/C18H15BrN2O4/c1-11(17-20-15-5-3-2-4-14(15)18(23)21-17)25-16(22)10-24-13-8-6-12(19)7-9-13/h2-9,11H,10H2,1H3,(H,20,21,23)/t11-/m1/s1. The monoisotopic (exact) mass is 402 g/mol. The first kappa shape index (κ1) is 17.2. The maximum Gasteiger partial charge on any atom is 0.344 e. The number of esters is 1. The first-order valence-electron chi connectivity index (χ1n) is 7.60. The molecule has 0 aliphatic rings. The van der Waals surface area contributed by atoms with Gasteiger partial charge in [0.1, 0.15) is 5.75 Å². The summed E-state index contributed by atoms with van der Waals surface area (Å²) in [5, 5.41) is 0.489. The lowest BCUT2D eigenvalue weighted by atomic mass is 10.2. The van der Waals surface area contributed by atoms with Gasteiger partial charge in [-0.05, 0) is 43.3 Å². The summed E-state index contributed by atoms with van der Waals surface area (Å²) in [5.74, 6) is 0.303. The maximum atomic E-state index is 12.1. The van der Waals surface area contributed by atoms with E-state index in [1.54, 1.807) is 43.3 Å². The summed E-state index contributed by atoms with van der Waals surface area (Å²) in [6.07, 6.45) is -0.696. The number of benzene rings is 2. The molecular formula is C18H15BrN2O4. The van der Waals surface area contributed by atoms with E-state index in [1.807, 2.05) is 12.1 Å². The summed E-state index contributed by atoms with van der Waals surface area (Å²) in [5.41, 5.74) is 0.282. The fraction of sp³-hybridized carbons (Fsp3) is 0.167. The van der Waals surface area contributed by atoms with Crippen LogP contribution in [0.15, 0.2) is 57.8 Å². The zero-order valence-electron chi connectivity index (χ0n) is 13.4. The van der Waals surface area contributed by atoms with E-state index < -0.39 is 12.1 Å². The Morgan fingerprint density at radius 2 is 1.92 bits per heavy atom. The van der Waals surface area contributed by atoms with Crippen molar-refractivity contribution in [1.82, 2.24) is 9.97 Å². The Labute approximate surface area is 151 Å². The normalized spacial score (nSPS) is 11.9. The van der Waals surface area contributed by atoms with Crippen LogP contribution in [0.2, 0.25) is 0 Å². The molecule has 0 fully saturated rings. The number of nitrogens with zero attached hydrogens (tertiary/aromatic N) is 1. The predicted octanol–water partition coefficient (Wildman–Crippen LogP) is 3.37. The Balaban J connectivity index is 1.65. The molecule has 6 nitrogen and oxygen atoms in total. The molecule has 3 rings (SSSR count). The highest BCUT2D eigenvalue weighted by Gasteiger charge is 2.16. The Bertz CT molecular complexity index is 953. The van der Waals surface area contributed by atoms with Crippen LogP contribution in [0.25, 0.3) is 10.9 Å². The fourth-order valence-electron chi connectivity index (χ4n) is 2.26. The van der Waals surface area contributed by atoms with Gasteiger partial charge >= 0.3 is 5.97 Å². The summed E-state index contributed by atoms with van der Waals surface area (Å²) < 4.78 is 11.6. The Kier molecular flexibility index (Phi) is 5.14. The van der Waals surface area contributed by atoms with Crippen molar-refractivity contribution >= 4 is 32.8 Å². The van der Waals surface area contributed by atoms with Crippen LogP contribution in [-0.2, 0) is 9.53 Å². The molecule has 0 aliphatic carbocycles. The van der Waals surface area contributed by atoms with Crippen molar-refractivity contribution in [3.8, 4) is 5.75 Å². The summed E-state index contributed by atoms with van der Waals surface area (Å²) >= 11 is 3.32. The highest BCUT2D eigenvalue weighted by atomic mass is 79.9. The molecule has 1 atom stereocenters. The van der Waals surface area contributed by atoms with Crippen molar-refractivity contribution < 1.29 is 14.3 Å². The lowest BCUT2D eigenvalue weighted by Crippen LogP contribution is -2.20. The van der Waals surface area contributed by atoms with Gasteiger partial charge in [0, 0.05) is 4.47 Å². The number of halogens is 1. The average molecular weight is 403 g/mol. The molecular weight excluding hydrogens is 388 g/mol. The van der Waals surface area contributed by atoms with E-state index in [2.05, 4.69) is 25.9 Å². The smallest absolute Gasteiger partial charge is 0.344 e. The average Bonchev–Trinajstić information content (AvgIpc) is 2.61.